The Hall–Kier alpha value is -1.97. The molecule has 0 saturated heterocycles. The van der Waals surface area contributed by atoms with Gasteiger partial charge in [0.2, 0.25) is 0 Å². The molecule has 14 heavy (non-hydrogen) atoms. The van der Waals surface area contributed by atoms with Crippen LogP contribution in [0.1, 0.15) is 21.7 Å². The molecule has 0 atom stereocenters. The third kappa shape index (κ3) is 1.42. The van der Waals surface area contributed by atoms with Gasteiger partial charge in [0.15, 0.2) is 5.78 Å². The maximum absolute atomic E-state index is 11.8. The zero-order valence-corrected chi connectivity index (χ0v) is 7.60. The second kappa shape index (κ2) is 3.41. The third-order valence-corrected chi connectivity index (χ3v) is 1.94. The summed E-state index contributed by atoms with van der Waals surface area (Å²) in [5.41, 5.74) is 1.09. The lowest BCUT2D eigenvalue weighted by molar-refractivity contribution is 0.103. The third-order valence-electron chi connectivity index (χ3n) is 1.94. The second-order valence-corrected chi connectivity index (χ2v) is 2.86. The first-order chi connectivity index (χ1) is 6.79. The lowest BCUT2D eigenvalue weighted by Gasteiger charge is -1.96. The van der Waals surface area contributed by atoms with Crippen LogP contribution in [-0.4, -0.2) is 15.9 Å². The van der Waals surface area contributed by atoms with Gasteiger partial charge in [0.05, 0.1) is 11.8 Å². The van der Waals surface area contributed by atoms with Gasteiger partial charge in [-0.2, -0.15) is 0 Å². The highest BCUT2D eigenvalue weighted by atomic mass is 16.5. The fourth-order valence-electron chi connectivity index (χ4n) is 1.18. The van der Waals surface area contributed by atoms with E-state index in [9.17, 15) is 4.79 Å². The Morgan fingerprint density at radius 1 is 1.36 bits per heavy atom. The van der Waals surface area contributed by atoms with Crippen molar-refractivity contribution in [1.29, 1.82) is 0 Å². The minimum atomic E-state index is -0.0915. The Balaban J connectivity index is 2.39. The minimum absolute atomic E-state index is 0.0915. The summed E-state index contributed by atoms with van der Waals surface area (Å²) >= 11 is 0. The summed E-state index contributed by atoms with van der Waals surface area (Å²) in [6, 6.07) is 3.32. The van der Waals surface area contributed by atoms with Crippen LogP contribution in [0.2, 0.25) is 0 Å². The van der Waals surface area contributed by atoms with Crippen molar-refractivity contribution >= 4 is 5.78 Å². The number of carbonyl (C=O) groups excluding carboxylic acids is 1. The molecule has 0 aliphatic carbocycles. The smallest absolute Gasteiger partial charge is 0.198 e. The van der Waals surface area contributed by atoms with Crippen LogP contribution in [0.3, 0.4) is 0 Å². The lowest BCUT2D eigenvalue weighted by Crippen LogP contribution is -2.01. The van der Waals surface area contributed by atoms with Crippen molar-refractivity contribution in [1.82, 2.24) is 10.1 Å². The molecule has 0 aliphatic rings. The monoisotopic (exact) mass is 188 g/mol. The van der Waals surface area contributed by atoms with Crippen molar-refractivity contribution in [2.45, 2.75) is 6.92 Å². The van der Waals surface area contributed by atoms with Gasteiger partial charge in [-0.1, -0.05) is 5.16 Å². The number of rotatable bonds is 2. The zero-order valence-electron chi connectivity index (χ0n) is 7.60. The molecule has 0 N–H and O–H groups in total. The average Bonchev–Trinajstić information content (AvgIpc) is 2.65. The predicted octanol–water partition coefficient (Wildman–Crippen LogP) is 1.61. The molecule has 2 heterocycles. The van der Waals surface area contributed by atoms with Gasteiger partial charge in [0.25, 0.3) is 0 Å². The van der Waals surface area contributed by atoms with Crippen molar-refractivity contribution in [3.05, 3.63) is 47.6 Å². The van der Waals surface area contributed by atoms with Gasteiger partial charge < -0.3 is 4.52 Å². The van der Waals surface area contributed by atoms with Crippen LogP contribution >= 0.6 is 0 Å². The van der Waals surface area contributed by atoms with E-state index < -0.39 is 0 Å². The van der Waals surface area contributed by atoms with Crippen molar-refractivity contribution in [3.8, 4) is 0 Å². The van der Waals surface area contributed by atoms with E-state index in [1.807, 2.05) is 0 Å². The van der Waals surface area contributed by atoms with Crippen LogP contribution in [0.5, 0.6) is 0 Å². The molecule has 0 aromatic carbocycles. The fraction of sp³-hybridized carbons (Fsp3) is 0.100. The second-order valence-electron chi connectivity index (χ2n) is 2.86. The highest BCUT2D eigenvalue weighted by molar-refractivity contribution is 6.09. The first-order valence-corrected chi connectivity index (χ1v) is 4.15. The van der Waals surface area contributed by atoms with Crippen LogP contribution in [0, 0.1) is 6.92 Å². The number of carbonyl (C=O) groups is 1. The van der Waals surface area contributed by atoms with E-state index in [1.165, 1.54) is 6.20 Å². The number of hydrogen-bond acceptors (Lipinski definition) is 4. The largest absolute Gasteiger partial charge is 0.361 e. The van der Waals surface area contributed by atoms with E-state index in [0.29, 0.717) is 16.9 Å². The molecule has 0 amide bonds. The van der Waals surface area contributed by atoms with Crippen molar-refractivity contribution < 1.29 is 9.32 Å². The molecule has 2 aromatic rings. The van der Waals surface area contributed by atoms with Crippen LogP contribution in [-0.2, 0) is 0 Å². The van der Waals surface area contributed by atoms with Crippen molar-refractivity contribution in [2.75, 3.05) is 0 Å². The number of hydrogen-bond donors (Lipinski definition) is 0. The maximum atomic E-state index is 11.8. The van der Waals surface area contributed by atoms with Gasteiger partial charge in [0, 0.05) is 18.0 Å². The molecule has 0 spiro atoms. The zero-order chi connectivity index (χ0) is 9.97. The van der Waals surface area contributed by atoms with Gasteiger partial charge in [-0.25, -0.2) is 0 Å². The normalized spacial score (nSPS) is 10.1. The first-order valence-electron chi connectivity index (χ1n) is 4.15. The Kier molecular flexibility index (Phi) is 2.10. The fourth-order valence-corrected chi connectivity index (χ4v) is 1.18. The quantitative estimate of drug-likeness (QED) is 0.672. The van der Waals surface area contributed by atoms with Crippen LogP contribution in [0.4, 0.5) is 0 Å². The first kappa shape index (κ1) is 8.62. The van der Waals surface area contributed by atoms with Crippen LogP contribution < -0.4 is 0 Å². The molecule has 2 aromatic heterocycles. The Morgan fingerprint density at radius 3 is 2.64 bits per heavy atom. The van der Waals surface area contributed by atoms with E-state index in [-0.39, 0.29) is 5.78 Å². The molecular formula is C10H8N2O2. The lowest BCUT2D eigenvalue weighted by atomic mass is 10.1. The van der Waals surface area contributed by atoms with Gasteiger partial charge in [-0.15, -0.1) is 0 Å². The highest BCUT2D eigenvalue weighted by Crippen LogP contribution is 2.12. The van der Waals surface area contributed by atoms with E-state index in [2.05, 4.69) is 10.1 Å². The number of pyridine rings is 1. The summed E-state index contributed by atoms with van der Waals surface area (Å²) in [6.45, 7) is 1.71. The molecule has 4 nitrogen and oxygen atoms in total. The molecule has 0 aliphatic heterocycles. The Bertz CT molecular complexity index is 448. The summed E-state index contributed by atoms with van der Waals surface area (Å²) in [4.78, 5) is 15.6. The minimum Gasteiger partial charge on any atom is -0.361 e. The van der Waals surface area contributed by atoms with Gasteiger partial charge in [0.1, 0.15) is 5.76 Å². The summed E-state index contributed by atoms with van der Waals surface area (Å²) in [5, 5.41) is 3.56. The van der Waals surface area contributed by atoms with E-state index >= 15 is 0 Å². The molecule has 0 unspecified atom stereocenters. The highest BCUT2D eigenvalue weighted by Gasteiger charge is 2.14. The molecule has 2 rings (SSSR count). The standard InChI is InChI=1S/C10H8N2O2/c1-7-9(6-12-14-7)10(13)8-2-4-11-5-3-8/h2-6H,1H3. The van der Waals surface area contributed by atoms with E-state index in [0.717, 1.165) is 0 Å². The summed E-state index contributed by atoms with van der Waals surface area (Å²) in [6.07, 6.45) is 4.59. The maximum Gasteiger partial charge on any atom is 0.198 e. The number of aryl methyl sites for hydroxylation is 1. The van der Waals surface area contributed by atoms with Gasteiger partial charge in [-0.3, -0.25) is 9.78 Å². The van der Waals surface area contributed by atoms with Crippen molar-refractivity contribution in [3.63, 3.8) is 0 Å². The molecule has 0 radical (unpaired) electrons. The number of aromatic nitrogens is 2. The molecule has 70 valence electrons. The van der Waals surface area contributed by atoms with Crippen LogP contribution in [0.15, 0.2) is 35.2 Å². The molecular weight excluding hydrogens is 180 g/mol. The molecule has 0 fully saturated rings. The molecule has 0 bridgehead atoms. The van der Waals surface area contributed by atoms with E-state index in [1.54, 1.807) is 31.5 Å². The van der Waals surface area contributed by atoms with E-state index in [4.69, 9.17) is 4.52 Å². The summed E-state index contributed by atoms with van der Waals surface area (Å²) in [5.74, 6) is 0.443. The topological polar surface area (TPSA) is 56.0 Å². The molecule has 4 heteroatoms. The average molecular weight is 188 g/mol. The molecule has 0 saturated carbocycles. The number of nitrogens with zero attached hydrogens (tertiary/aromatic N) is 2. The van der Waals surface area contributed by atoms with Crippen LogP contribution in [0.25, 0.3) is 0 Å². The SMILES string of the molecule is Cc1oncc1C(=O)c1ccncc1. The Labute approximate surface area is 80.6 Å². The van der Waals surface area contributed by atoms with Gasteiger partial charge in [-0.05, 0) is 19.1 Å². The van der Waals surface area contributed by atoms with Crippen molar-refractivity contribution in [2.24, 2.45) is 0 Å². The van der Waals surface area contributed by atoms with Gasteiger partial charge >= 0.3 is 0 Å². The Morgan fingerprint density at radius 2 is 2.07 bits per heavy atom. The summed E-state index contributed by atoms with van der Waals surface area (Å²) < 4.78 is 4.82. The predicted molar refractivity (Wildman–Crippen MR) is 48.9 cm³/mol. The summed E-state index contributed by atoms with van der Waals surface area (Å²) in [7, 11) is 0. The number of ketones is 1.